The second-order valence-corrected chi connectivity index (χ2v) is 13.4. The summed E-state index contributed by atoms with van der Waals surface area (Å²) in [5.41, 5.74) is 18.0. The Morgan fingerprint density at radius 2 is 0.811 bits per heavy atom. The van der Waals surface area contributed by atoms with Crippen molar-refractivity contribution < 1.29 is 25.3 Å². The van der Waals surface area contributed by atoms with Crippen molar-refractivity contribution in [2.24, 2.45) is 0 Å². The number of hydrogen-bond donors (Lipinski definition) is 5. The van der Waals surface area contributed by atoms with Crippen molar-refractivity contribution in [3.05, 3.63) is 72.8 Å². The number of sulfonamides is 3. The van der Waals surface area contributed by atoms with E-state index in [1.165, 1.54) is 72.8 Å². The van der Waals surface area contributed by atoms with Gasteiger partial charge in [-0.3, -0.25) is 0 Å². The number of anilines is 3. The number of nitrogen functional groups attached to an aromatic ring is 3. The van der Waals surface area contributed by atoms with Gasteiger partial charge in [0.05, 0.1) is 14.7 Å². The predicted octanol–water partition coefficient (Wildman–Crippen LogP) is 0.381. The molecule has 0 aliphatic heterocycles. The van der Waals surface area contributed by atoms with Crippen LogP contribution in [0, 0.1) is 0 Å². The van der Waals surface area contributed by atoms with Crippen LogP contribution in [-0.4, -0.2) is 55.7 Å². The largest absolute Gasteiger partial charge is 0.399 e. The van der Waals surface area contributed by atoms with Crippen LogP contribution in [0.2, 0.25) is 0 Å². The van der Waals surface area contributed by atoms with Crippen molar-refractivity contribution in [1.29, 1.82) is 0 Å². The van der Waals surface area contributed by atoms with E-state index in [1.54, 1.807) is 0 Å². The molecule has 0 bridgehead atoms. The van der Waals surface area contributed by atoms with Gasteiger partial charge in [0.25, 0.3) is 0 Å². The lowest BCUT2D eigenvalue weighted by atomic mass is 10.3. The van der Waals surface area contributed by atoms with Crippen LogP contribution in [0.5, 0.6) is 0 Å². The maximum atomic E-state index is 13.3. The lowest BCUT2D eigenvalue weighted by Crippen LogP contribution is -2.42. The average molecular weight is 569 g/mol. The third-order valence-electron chi connectivity index (χ3n) is 5.21. The molecule has 0 radical (unpaired) electrons. The maximum absolute atomic E-state index is 13.3. The second-order valence-electron chi connectivity index (χ2n) is 7.91. The molecule has 37 heavy (non-hydrogen) atoms. The van der Waals surface area contributed by atoms with Crippen LogP contribution in [0.1, 0.15) is 0 Å². The van der Waals surface area contributed by atoms with Gasteiger partial charge in [0, 0.05) is 43.2 Å². The Hall–Kier alpha value is -3.21. The third-order valence-corrected chi connectivity index (χ3v) is 10.1. The zero-order chi connectivity index (χ0) is 27.3. The first-order valence-electron chi connectivity index (χ1n) is 10.9. The van der Waals surface area contributed by atoms with Gasteiger partial charge >= 0.3 is 0 Å². The quantitative estimate of drug-likeness (QED) is 0.191. The zero-order valence-corrected chi connectivity index (χ0v) is 22.1. The van der Waals surface area contributed by atoms with Gasteiger partial charge in [-0.1, -0.05) is 0 Å². The Bertz CT molecular complexity index is 1440. The molecule has 0 spiro atoms. The van der Waals surface area contributed by atoms with Gasteiger partial charge < -0.3 is 17.2 Å². The summed E-state index contributed by atoms with van der Waals surface area (Å²) in [6.07, 6.45) is 0. The minimum atomic E-state index is -4.12. The molecule has 0 saturated carbocycles. The highest BCUT2D eigenvalue weighted by atomic mass is 32.2. The van der Waals surface area contributed by atoms with Gasteiger partial charge in [0.2, 0.25) is 30.1 Å². The summed E-state index contributed by atoms with van der Waals surface area (Å²) in [6.45, 7) is -1.09. The van der Waals surface area contributed by atoms with Gasteiger partial charge in [-0.2, -0.15) is 4.31 Å². The molecule has 3 aromatic rings. The van der Waals surface area contributed by atoms with Crippen molar-refractivity contribution in [1.82, 2.24) is 13.7 Å². The monoisotopic (exact) mass is 568 g/mol. The van der Waals surface area contributed by atoms with Gasteiger partial charge in [-0.05, 0) is 72.8 Å². The lowest BCUT2D eigenvalue weighted by Gasteiger charge is -2.23. The minimum Gasteiger partial charge on any atom is -0.399 e. The van der Waals surface area contributed by atoms with Crippen LogP contribution in [0.15, 0.2) is 87.5 Å². The fourth-order valence-corrected chi connectivity index (χ4v) is 6.69. The predicted molar refractivity (Wildman–Crippen MR) is 142 cm³/mol. The fraction of sp³-hybridized carbons (Fsp3) is 0.182. The molecular weight excluding hydrogens is 540 g/mol. The Labute approximate surface area is 216 Å². The van der Waals surface area contributed by atoms with Crippen molar-refractivity contribution in [2.45, 2.75) is 14.7 Å². The normalized spacial score (nSPS) is 12.6. The van der Waals surface area contributed by atoms with E-state index < -0.39 is 30.1 Å². The first-order valence-corrected chi connectivity index (χ1v) is 15.3. The summed E-state index contributed by atoms with van der Waals surface area (Å²) in [6, 6.07) is 16.5. The van der Waals surface area contributed by atoms with Gasteiger partial charge in [0.15, 0.2) is 0 Å². The highest BCUT2D eigenvalue weighted by molar-refractivity contribution is 7.90. The second kappa shape index (κ2) is 11.5. The molecule has 0 aromatic heterocycles. The van der Waals surface area contributed by atoms with Crippen LogP contribution in [0.3, 0.4) is 0 Å². The van der Waals surface area contributed by atoms with Crippen molar-refractivity contribution >= 4 is 47.1 Å². The van der Waals surface area contributed by atoms with E-state index in [9.17, 15) is 25.3 Å². The fourth-order valence-electron chi connectivity index (χ4n) is 3.21. The van der Waals surface area contributed by atoms with Crippen LogP contribution in [0.25, 0.3) is 0 Å². The van der Waals surface area contributed by atoms with E-state index in [1.807, 2.05) is 0 Å². The first kappa shape index (κ1) is 28.4. The topological polar surface area (TPSA) is 208 Å². The number of nitrogens with zero attached hydrogens (tertiary/aromatic N) is 1. The number of nitrogens with one attached hydrogen (secondary N) is 2. The number of benzene rings is 3. The molecule has 15 heteroatoms. The molecule has 3 rings (SSSR count). The first-order chi connectivity index (χ1) is 17.3. The maximum Gasteiger partial charge on any atom is 0.243 e. The van der Waals surface area contributed by atoms with E-state index in [4.69, 9.17) is 17.2 Å². The number of nitrogens with two attached hydrogens (primary N) is 3. The molecule has 0 heterocycles. The molecule has 8 N–H and O–H groups in total. The van der Waals surface area contributed by atoms with Crippen LogP contribution in [-0.2, 0) is 30.1 Å². The molecule has 0 saturated heterocycles. The molecular formula is C22H28N6O6S3. The Kier molecular flexibility index (Phi) is 8.78. The smallest absolute Gasteiger partial charge is 0.243 e. The zero-order valence-electron chi connectivity index (χ0n) is 19.6. The molecule has 0 unspecified atom stereocenters. The van der Waals surface area contributed by atoms with E-state index in [2.05, 4.69) is 9.44 Å². The van der Waals surface area contributed by atoms with Gasteiger partial charge in [-0.25, -0.2) is 34.7 Å². The van der Waals surface area contributed by atoms with Crippen LogP contribution < -0.4 is 26.6 Å². The average Bonchev–Trinajstić information content (AvgIpc) is 2.84. The molecule has 0 amide bonds. The van der Waals surface area contributed by atoms with E-state index in [-0.39, 0.29) is 40.9 Å². The molecule has 0 atom stereocenters. The standard InChI is InChI=1S/C22H28N6O6S3/c23-17-1-7-20(8-2-17)35(29,30)26-13-15-28(37(33,34)22-11-5-19(25)6-12-22)16-14-27-36(31,32)21-9-3-18(24)4-10-21/h1-12,26-27H,13-16,23-25H2. The minimum absolute atomic E-state index is 0.0362. The molecule has 0 fully saturated rings. The number of hydrogen-bond acceptors (Lipinski definition) is 9. The highest BCUT2D eigenvalue weighted by Gasteiger charge is 2.26. The highest BCUT2D eigenvalue weighted by Crippen LogP contribution is 2.18. The Balaban J connectivity index is 1.75. The molecule has 12 nitrogen and oxygen atoms in total. The van der Waals surface area contributed by atoms with Crippen LogP contribution in [0.4, 0.5) is 17.1 Å². The molecule has 0 aliphatic rings. The molecule has 0 aliphatic carbocycles. The molecule has 200 valence electrons. The Morgan fingerprint density at radius 3 is 1.14 bits per heavy atom. The Morgan fingerprint density at radius 1 is 0.514 bits per heavy atom. The van der Waals surface area contributed by atoms with E-state index in [0.717, 1.165) is 4.31 Å². The SMILES string of the molecule is Nc1ccc(S(=O)(=O)NCCN(CCNS(=O)(=O)c2ccc(N)cc2)S(=O)(=O)c2ccc(N)cc2)cc1. The summed E-state index contributed by atoms with van der Waals surface area (Å²) in [4.78, 5) is -0.152. The summed E-state index contributed by atoms with van der Waals surface area (Å²) < 4.78 is 82.5. The third kappa shape index (κ3) is 7.41. The summed E-state index contributed by atoms with van der Waals surface area (Å²) in [5, 5.41) is 0. The van der Waals surface area contributed by atoms with Crippen LogP contribution >= 0.6 is 0 Å². The van der Waals surface area contributed by atoms with Crippen molar-refractivity contribution in [2.75, 3.05) is 43.4 Å². The van der Waals surface area contributed by atoms with Crippen molar-refractivity contribution in [3.63, 3.8) is 0 Å². The number of rotatable bonds is 12. The van der Waals surface area contributed by atoms with E-state index in [0.29, 0.717) is 17.1 Å². The summed E-state index contributed by atoms with van der Waals surface area (Å²) in [7, 11) is -12.0. The van der Waals surface area contributed by atoms with Gasteiger partial charge in [0.1, 0.15) is 0 Å². The van der Waals surface area contributed by atoms with Gasteiger partial charge in [-0.15, -0.1) is 0 Å². The van der Waals surface area contributed by atoms with E-state index >= 15 is 0 Å². The summed E-state index contributed by atoms with van der Waals surface area (Å²) >= 11 is 0. The lowest BCUT2D eigenvalue weighted by molar-refractivity contribution is 0.415. The van der Waals surface area contributed by atoms with Crippen molar-refractivity contribution in [3.8, 4) is 0 Å². The summed E-state index contributed by atoms with van der Waals surface area (Å²) in [5.74, 6) is 0. The molecule has 3 aromatic carbocycles.